The minimum atomic E-state index is -0.467. The van der Waals surface area contributed by atoms with E-state index in [4.69, 9.17) is 17.3 Å². The number of anilines is 1. The second-order valence-electron chi connectivity index (χ2n) is 3.50. The van der Waals surface area contributed by atoms with Gasteiger partial charge in [0.15, 0.2) is 0 Å². The van der Waals surface area contributed by atoms with Gasteiger partial charge in [-0.1, -0.05) is 29.5 Å². The van der Waals surface area contributed by atoms with Crippen molar-refractivity contribution < 1.29 is 4.39 Å². The van der Waals surface area contributed by atoms with E-state index in [1.165, 1.54) is 12.1 Å². The zero-order valence-electron chi connectivity index (χ0n) is 8.87. The van der Waals surface area contributed by atoms with Crippen LogP contribution in [0.5, 0.6) is 0 Å². The molecule has 1 nitrogen and oxygen atoms in total. The predicted molar refractivity (Wildman–Crippen MR) is 68.2 cm³/mol. The number of nitrogen functional groups attached to an aromatic ring is 1. The maximum atomic E-state index is 13.1. The molecule has 2 aromatic rings. The highest BCUT2D eigenvalue weighted by Crippen LogP contribution is 2.15. The van der Waals surface area contributed by atoms with Crippen molar-refractivity contribution in [2.75, 3.05) is 5.73 Å². The van der Waals surface area contributed by atoms with Crippen LogP contribution < -0.4 is 5.73 Å². The molecular formula is C14H9ClFN. The highest BCUT2D eigenvalue weighted by Gasteiger charge is 1.98. The maximum absolute atomic E-state index is 13.1. The van der Waals surface area contributed by atoms with Crippen molar-refractivity contribution in [1.82, 2.24) is 0 Å². The van der Waals surface area contributed by atoms with E-state index in [-0.39, 0.29) is 5.02 Å². The third kappa shape index (κ3) is 2.99. The minimum absolute atomic E-state index is 0.0968. The van der Waals surface area contributed by atoms with Crippen LogP contribution in [0.1, 0.15) is 11.1 Å². The maximum Gasteiger partial charge on any atom is 0.143 e. The van der Waals surface area contributed by atoms with Crippen molar-refractivity contribution in [3.05, 3.63) is 64.4 Å². The Labute approximate surface area is 104 Å². The molecule has 0 radical (unpaired) electrons. The number of hydrogen-bond donors (Lipinski definition) is 1. The van der Waals surface area contributed by atoms with Crippen LogP contribution >= 0.6 is 11.6 Å². The van der Waals surface area contributed by atoms with Gasteiger partial charge in [0.1, 0.15) is 5.82 Å². The first-order valence-corrected chi connectivity index (χ1v) is 5.35. The Morgan fingerprint density at radius 2 is 1.71 bits per heavy atom. The monoisotopic (exact) mass is 245 g/mol. The van der Waals surface area contributed by atoms with E-state index in [9.17, 15) is 4.39 Å². The van der Waals surface area contributed by atoms with Crippen molar-refractivity contribution in [2.45, 2.75) is 0 Å². The fourth-order valence-electron chi connectivity index (χ4n) is 1.33. The lowest BCUT2D eigenvalue weighted by Gasteiger charge is -1.95. The second kappa shape index (κ2) is 4.90. The molecule has 0 aromatic heterocycles. The molecule has 0 unspecified atom stereocenters. The SMILES string of the molecule is Nc1cccc(C#Cc2ccc(Cl)c(F)c2)c1. The number of nitrogens with two attached hydrogens (primary N) is 1. The fourth-order valence-corrected chi connectivity index (χ4v) is 1.45. The molecule has 0 aliphatic heterocycles. The van der Waals surface area contributed by atoms with Crippen molar-refractivity contribution in [3.63, 3.8) is 0 Å². The minimum Gasteiger partial charge on any atom is -0.399 e. The smallest absolute Gasteiger partial charge is 0.143 e. The molecular weight excluding hydrogens is 237 g/mol. The van der Waals surface area contributed by atoms with Crippen LogP contribution in [0.25, 0.3) is 0 Å². The first kappa shape index (κ1) is 11.5. The Balaban J connectivity index is 2.30. The van der Waals surface area contributed by atoms with Crippen LogP contribution in [0.4, 0.5) is 10.1 Å². The van der Waals surface area contributed by atoms with Gasteiger partial charge in [0.2, 0.25) is 0 Å². The topological polar surface area (TPSA) is 26.0 Å². The largest absolute Gasteiger partial charge is 0.399 e. The lowest BCUT2D eigenvalue weighted by molar-refractivity contribution is 0.628. The number of hydrogen-bond acceptors (Lipinski definition) is 1. The Kier molecular flexibility index (Phi) is 3.32. The predicted octanol–water partition coefficient (Wildman–Crippen LogP) is 3.46. The third-order valence-corrected chi connectivity index (χ3v) is 2.46. The molecule has 0 aliphatic carbocycles. The van der Waals surface area contributed by atoms with E-state index in [1.54, 1.807) is 18.2 Å². The summed E-state index contributed by atoms with van der Waals surface area (Å²) >= 11 is 5.58. The summed E-state index contributed by atoms with van der Waals surface area (Å²) in [5.41, 5.74) is 7.65. The first-order chi connectivity index (χ1) is 8.15. The molecule has 2 N–H and O–H groups in total. The number of benzene rings is 2. The molecule has 2 rings (SSSR count). The lowest BCUT2D eigenvalue weighted by atomic mass is 10.1. The molecule has 0 amide bonds. The third-order valence-electron chi connectivity index (χ3n) is 2.16. The van der Waals surface area contributed by atoms with Gasteiger partial charge in [-0.2, -0.15) is 0 Å². The van der Waals surface area contributed by atoms with Gasteiger partial charge in [-0.05, 0) is 36.4 Å². The zero-order chi connectivity index (χ0) is 12.3. The molecule has 0 spiro atoms. The average molecular weight is 246 g/mol. The molecule has 17 heavy (non-hydrogen) atoms. The van der Waals surface area contributed by atoms with Gasteiger partial charge in [0.05, 0.1) is 5.02 Å². The summed E-state index contributed by atoms with van der Waals surface area (Å²) in [4.78, 5) is 0. The summed E-state index contributed by atoms with van der Waals surface area (Å²) in [5, 5.41) is 0.0968. The van der Waals surface area contributed by atoms with Crippen molar-refractivity contribution in [1.29, 1.82) is 0 Å². The lowest BCUT2D eigenvalue weighted by Crippen LogP contribution is -1.84. The summed E-state index contributed by atoms with van der Waals surface area (Å²) < 4.78 is 13.1. The Hall–Kier alpha value is -1.98. The van der Waals surface area contributed by atoms with Gasteiger partial charge in [-0.25, -0.2) is 4.39 Å². The quantitative estimate of drug-likeness (QED) is 0.558. The molecule has 0 aliphatic rings. The van der Waals surface area contributed by atoms with Gasteiger partial charge in [-0.3, -0.25) is 0 Å². The van der Waals surface area contributed by atoms with E-state index < -0.39 is 5.82 Å². The van der Waals surface area contributed by atoms with Crippen LogP contribution in [0.15, 0.2) is 42.5 Å². The molecule has 0 bridgehead atoms. The summed E-state index contributed by atoms with van der Waals surface area (Å²) in [5.74, 6) is 5.29. The zero-order valence-corrected chi connectivity index (χ0v) is 9.63. The molecule has 0 saturated heterocycles. The highest BCUT2D eigenvalue weighted by atomic mass is 35.5. The van der Waals surface area contributed by atoms with Crippen LogP contribution in [0.2, 0.25) is 5.02 Å². The first-order valence-electron chi connectivity index (χ1n) is 4.98. The molecule has 0 atom stereocenters. The van der Waals surface area contributed by atoms with Gasteiger partial charge < -0.3 is 5.73 Å². The van der Waals surface area contributed by atoms with Crippen molar-refractivity contribution in [2.24, 2.45) is 0 Å². The van der Waals surface area contributed by atoms with Gasteiger partial charge in [0.25, 0.3) is 0 Å². The van der Waals surface area contributed by atoms with Gasteiger partial charge in [-0.15, -0.1) is 0 Å². The summed E-state index contributed by atoms with van der Waals surface area (Å²) in [7, 11) is 0. The van der Waals surface area contributed by atoms with Gasteiger partial charge in [0, 0.05) is 16.8 Å². The number of halogens is 2. The molecule has 0 heterocycles. The molecule has 2 aromatic carbocycles. The normalized spacial score (nSPS) is 9.53. The van der Waals surface area contributed by atoms with Crippen LogP contribution in [0.3, 0.4) is 0 Å². The fraction of sp³-hybridized carbons (Fsp3) is 0. The van der Waals surface area contributed by atoms with E-state index in [0.717, 1.165) is 5.56 Å². The Morgan fingerprint density at radius 3 is 2.35 bits per heavy atom. The van der Waals surface area contributed by atoms with Crippen molar-refractivity contribution in [3.8, 4) is 11.8 Å². The molecule has 0 fully saturated rings. The highest BCUT2D eigenvalue weighted by molar-refractivity contribution is 6.30. The van der Waals surface area contributed by atoms with E-state index >= 15 is 0 Å². The Bertz CT molecular complexity index is 611. The second-order valence-corrected chi connectivity index (χ2v) is 3.91. The molecule has 0 saturated carbocycles. The van der Waals surface area contributed by atoms with E-state index in [2.05, 4.69) is 11.8 Å². The summed E-state index contributed by atoms with van der Waals surface area (Å²) in [6, 6.07) is 11.7. The van der Waals surface area contributed by atoms with Crippen LogP contribution in [-0.4, -0.2) is 0 Å². The molecule has 3 heteroatoms. The molecule has 84 valence electrons. The van der Waals surface area contributed by atoms with Crippen LogP contribution in [-0.2, 0) is 0 Å². The summed E-state index contributed by atoms with van der Waals surface area (Å²) in [6.45, 7) is 0. The summed E-state index contributed by atoms with van der Waals surface area (Å²) in [6.07, 6.45) is 0. The standard InChI is InChI=1S/C14H9ClFN/c15-13-7-6-11(9-14(13)16)5-4-10-2-1-3-12(17)8-10/h1-3,6-9H,17H2. The van der Waals surface area contributed by atoms with Crippen molar-refractivity contribution >= 4 is 17.3 Å². The van der Waals surface area contributed by atoms with E-state index in [1.807, 2.05) is 12.1 Å². The van der Waals surface area contributed by atoms with E-state index in [0.29, 0.717) is 11.3 Å². The Morgan fingerprint density at radius 1 is 1.00 bits per heavy atom. The average Bonchev–Trinajstić information content (AvgIpc) is 2.31. The van der Waals surface area contributed by atoms with Gasteiger partial charge >= 0.3 is 0 Å². The van der Waals surface area contributed by atoms with Crippen LogP contribution in [0, 0.1) is 17.7 Å². The number of rotatable bonds is 0.